The van der Waals surface area contributed by atoms with Crippen molar-refractivity contribution >= 4 is 47.2 Å². The molecule has 30 heavy (non-hydrogen) atoms. The number of hydrogen-bond donors (Lipinski definition) is 4. The van der Waals surface area contributed by atoms with Crippen LogP contribution in [0, 0.1) is 20.2 Å². The normalized spacial score (nSPS) is 11.3. The molecular formula is C8H6N18O4. The molecule has 4 aromatic rings. The second-order valence-electron chi connectivity index (χ2n) is 5.02. The zero-order chi connectivity index (χ0) is 21.4. The van der Waals surface area contributed by atoms with Crippen LogP contribution in [-0.4, -0.2) is 59.2 Å². The lowest BCUT2D eigenvalue weighted by atomic mass is 10.8. The summed E-state index contributed by atoms with van der Waals surface area (Å²) in [5.41, 5.74) is 14.9. The molecule has 0 aliphatic heterocycles. The van der Waals surface area contributed by atoms with E-state index >= 15 is 0 Å². The molecule has 0 radical (unpaired) electrons. The number of nitrogen functional groups attached to an aromatic ring is 2. The van der Waals surface area contributed by atoms with Crippen molar-refractivity contribution in [3.8, 4) is 0 Å². The van der Waals surface area contributed by atoms with Gasteiger partial charge in [0.05, 0.1) is 0 Å². The maximum atomic E-state index is 10.5. The highest BCUT2D eigenvalue weighted by atomic mass is 16.7. The Hall–Kier alpha value is -5.44. The van der Waals surface area contributed by atoms with E-state index in [1.54, 1.807) is 10.9 Å². The third kappa shape index (κ3) is 3.17. The largest absolute Gasteiger partial charge is 0.369 e. The van der Waals surface area contributed by atoms with Crippen LogP contribution in [0.25, 0.3) is 11.6 Å². The van der Waals surface area contributed by atoms with Crippen LogP contribution in [0.2, 0.25) is 0 Å². The molecule has 0 saturated heterocycles. The Labute approximate surface area is 160 Å². The summed E-state index contributed by atoms with van der Waals surface area (Å²) in [6.45, 7) is 0. The van der Waals surface area contributed by atoms with E-state index in [9.17, 15) is 20.2 Å². The minimum Gasteiger partial charge on any atom is -0.369 e. The molecular weight excluding hydrogens is 412 g/mol. The van der Waals surface area contributed by atoms with Gasteiger partial charge in [0.2, 0.25) is 11.9 Å². The lowest BCUT2D eigenvalue weighted by Crippen LogP contribution is -2.14. The van der Waals surface area contributed by atoms with Gasteiger partial charge in [-0.05, 0) is 0 Å². The Morgan fingerprint density at radius 2 is 1.13 bits per heavy atom. The van der Waals surface area contributed by atoms with Crippen molar-refractivity contribution in [3.63, 3.8) is 0 Å². The molecule has 22 heteroatoms. The highest BCUT2D eigenvalue weighted by Crippen LogP contribution is 2.20. The van der Waals surface area contributed by atoms with Gasteiger partial charge in [-0.1, -0.05) is 10.9 Å². The number of azo groups is 1. The van der Waals surface area contributed by atoms with Crippen molar-refractivity contribution in [2.24, 2.45) is 10.2 Å². The van der Waals surface area contributed by atoms with Crippen LogP contribution in [0.5, 0.6) is 0 Å². The molecule has 0 unspecified atom stereocenters. The molecule has 0 aromatic carbocycles. The predicted molar refractivity (Wildman–Crippen MR) is 91.4 cm³/mol. The van der Waals surface area contributed by atoms with Crippen LogP contribution in [0.4, 0.5) is 35.7 Å². The summed E-state index contributed by atoms with van der Waals surface area (Å²) in [6, 6.07) is 0. The molecule has 0 atom stereocenters. The van der Waals surface area contributed by atoms with E-state index < -0.39 is 22.0 Å². The van der Waals surface area contributed by atoms with Crippen LogP contribution in [-0.2, 0) is 0 Å². The van der Waals surface area contributed by atoms with E-state index in [1.807, 2.05) is 0 Å². The fraction of sp³-hybridized carbons (Fsp3) is 0. The first-order valence-corrected chi connectivity index (χ1v) is 7.33. The third-order valence-corrected chi connectivity index (χ3v) is 3.18. The summed E-state index contributed by atoms with van der Waals surface area (Å²) in [5, 5.41) is 41.5. The minimum absolute atomic E-state index is 0.148. The van der Waals surface area contributed by atoms with Gasteiger partial charge in [-0.3, -0.25) is 0 Å². The van der Waals surface area contributed by atoms with E-state index in [1.165, 1.54) is 0 Å². The number of nitrogens with zero attached hydrogens (tertiary/aromatic N) is 14. The standard InChI is InChI=1S/C8H6N18O4/c9-1-11-3(21-25(27)28)13-5-15-17-7(23(1)5)19-20-8-18-16-6-14-4(22-26(29)30)12-2(10)24(6)8/h(H3,9,11,13,15,21)(H3,10,12,14,16,22). The molecule has 4 aromatic heterocycles. The topological polar surface area (TPSA) is 299 Å². The van der Waals surface area contributed by atoms with E-state index in [4.69, 9.17) is 11.5 Å². The summed E-state index contributed by atoms with van der Waals surface area (Å²) >= 11 is 0. The van der Waals surface area contributed by atoms with Gasteiger partial charge in [0.15, 0.2) is 10.1 Å². The average Bonchev–Trinajstić information content (AvgIpc) is 3.23. The smallest absolute Gasteiger partial charge is 0.291 e. The first kappa shape index (κ1) is 17.9. The molecule has 0 aliphatic carbocycles. The number of nitrogens with two attached hydrogens (primary N) is 2. The van der Waals surface area contributed by atoms with Crippen LogP contribution in [0.1, 0.15) is 0 Å². The molecule has 0 fully saturated rings. The van der Waals surface area contributed by atoms with Gasteiger partial charge >= 0.3 is 0 Å². The van der Waals surface area contributed by atoms with Gasteiger partial charge < -0.3 is 11.5 Å². The summed E-state index contributed by atoms with van der Waals surface area (Å²) < 4.78 is 2.10. The molecule has 0 spiro atoms. The van der Waals surface area contributed by atoms with Gasteiger partial charge in [-0.15, -0.1) is 30.6 Å². The highest BCUT2D eigenvalue weighted by Gasteiger charge is 2.17. The number of anilines is 4. The number of nitrogens with one attached hydrogen (secondary N) is 2. The SMILES string of the molecule is Nc1nc(N[N+](=O)[O-])nc2nnc(N=Nc3nnc4nc(N[N+](=O)[O-])nc(N)n34)n12. The van der Waals surface area contributed by atoms with Crippen molar-refractivity contribution in [1.82, 2.24) is 49.1 Å². The Bertz CT molecular complexity index is 1240. The maximum Gasteiger partial charge on any atom is 0.291 e. The quantitative estimate of drug-likeness (QED) is 0.151. The third-order valence-electron chi connectivity index (χ3n) is 3.18. The van der Waals surface area contributed by atoms with Crippen LogP contribution in [0.15, 0.2) is 10.2 Å². The molecule has 152 valence electrons. The van der Waals surface area contributed by atoms with Crippen molar-refractivity contribution in [1.29, 1.82) is 0 Å². The number of rotatable bonds is 6. The van der Waals surface area contributed by atoms with E-state index in [2.05, 4.69) is 50.6 Å². The summed E-state index contributed by atoms with van der Waals surface area (Å²) in [4.78, 5) is 35.8. The van der Waals surface area contributed by atoms with Gasteiger partial charge in [0.25, 0.3) is 35.3 Å². The van der Waals surface area contributed by atoms with E-state index in [-0.39, 0.29) is 35.3 Å². The zero-order valence-electron chi connectivity index (χ0n) is 14.0. The Balaban J connectivity index is 1.70. The molecule has 4 rings (SSSR count). The van der Waals surface area contributed by atoms with Crippen molar-refractivity contribution < 1.29 is 10.1 Å². The number of hydrazine groups is 2. The van der Waals surface area contributed by atoms with E-state index in [0.717, 1.165) is 8.80 Å². The lowest BCUT2D eigenvalue weighted by molar-refractivity contribution is -0.446. The molecule has 0 saturated carbocycles. The Morgan fingerprint density at radius 1 is 0.733 bits per heavy atom. The molecule has 0 aliphatic rings. The summed E-state index contributed by atoms with van der Waals surface area (Å²) in [6.07, 6.45) is 0. The zero-order valence-corrected chi connectivity index (χ0v) is 14.0. The van der Waals surface area contributed by atoms with Crippen molar-refractivity contribution in [3.05, 3.63) is 20.2 Å². The van der Waals surface area contributed by atoms with Gasteiger partial charge in [-0.25, -0.2) is 29.0 Å². The second kappa shape index (κ2) is 6.62. The van der Waals surface area contributed by atoms with Gasteiger partial charge in [-0.2, -0.15) is 19.9 Å². The molecule has 0 bridgehead atoms. The first-order chi connectivity index (χ1) is 14.3. The Kier molecular flexibility index (Phi) is 3.96. The van der Waals surface area contributed by atoms with Crippen LogP contribution < -0.4 is 22.3 Å². The highest BCUT2D eigenvalue weighted by molar-refractivity contribution is 5.49. The fourth-order valence-electron chi connectivity index (χ4n) is 2.13. The minimum atomic E-state index is -0.877. The lowest BCUT2D eigenvalue weighted by Gasteiger charge is -2.01. The predicted octanol–water partition coefficient (Wildman–Crippen LogP) is -1.86. The Morgan fingerprint density at radius 3 is 1.50 bits per heavy atom. The number of nitro groups is 2. The molecule has 0 amide bonds. The molecule has 4 heterocycles. The van der Waals surface area contributed by atoms with Gasteiger partial charge in [0, 0.05) is 0 Å². The average molecular weight is 418 g/mol. The summed E-state index contributed by atoms with van der Waals surface area (Å²) in [5.74, 6) is -2.05. The number of aromatic nitrogens is 10. The first-order valence-electron chi connectivity index (χ1n) is 7.33. The second-order valence-corrected chi connectivity index (χ2v) is 5.02. The number of fused-ring (bicyclic) bond motifs is 2. The molecule has 22 nitrogen and oxygen atoms in total. The van der Waals surface area contributed by atoms with Crippen LogP contribution in [0.3, 0.4) is 0 Å². The van der Waals surface area contributed by atoms with Crippen molar-refractivity contribution in [2.75, 3.05) is 22.3 Å². The van der Waals surface area contributed by atoms with Gasteiger partial charge in [0.1, 0.15) is 0 Å². The van der Waals surface area contributed by atoms with Crippen molar-refractivity contribution in [2.45, 2.75) is 0 Å². The molecule has 6 N–H and O–H groups in total. The fourth-order valence-corrected chi connectivity index (χ4v) is 2.13. The number of hydrogen-bond acceptors (Lipinski definition) is 16. The maximum absolute atomic E-state index is 10.5. The van der Waals surface area contributed by atoms with E-state index in [0.29, 0.717) is 0 Å². The summed E-state index contributed by atoms with van der Waals surface area (Å²) in [7, 11) is 0. The van der Waals surface area contributed by atoms with Crippen LogP contribution >= 0.6 is 0 Å². The monoisotopic (exact) mass is 418 g/mol.